The Bertz CT molecular complexity index is 721. The van der Waals surface area contributed by atoms with Gasteiger partial charge in [-0.3, -0.25) is 9.59 Å². The van der Waals surface area contributed by atoms with Gasteiger partial charge in [-0.1, -0.05) is 18.2 Å². The summed E-state index contributed by atoms with van der Waals surface area (Å²) in [6.07, 6.45) is 1.11. The lowest BCUT2D eigenvalue weighted by molar-refractivity contribution is -0.150. The quantitative estimate of drug-likeness (QED) is 0.797. The summed E-state index contributed by atoms with van der Waals surface area (Å²) >= 11 is 0. The number of carboxylic acids is 1. The van der Waals surface area contributed by atoms with Gasteiger partial charge in [-0.2, -0.15) is 0 Å². The number of hydrogen-bond acceptors (Lipinski definition) is 4. The molecule has 0 aromatic heterocycles. The second-order valence-electron chi connectivity index (χ2n) is 7.35. The van der Waals surface area contributed by atoms with Crippen molar-refractivity contribution in [3.05, 3.63) is 30.3 Å². The van der Waals surface area contributed by atoms with E-state index in [1.54, 1.807) is 4.90 Å². The van der Waals surface area contributed by atoms with Gasteiger partial charge in [0.15, 0.2) is 0 Å². The third kappa shape index (κ3) is 4.61. The van der Waals surface area contributed by atoms with Crippen LogP contribution in [0, 0.1) is 5.92 Å². The predicted molar refractivity (Wildman–Crippen MR) is 98.5 cm³/mol. The molecule has 0 saturated carbocycles. The van der Waals surface area contributed by atoms with Gasteiger partial charge < -0.3 is 19.6 Å². The van der Waals surface area contributed by atoms with Gasteiger partial charge in [-0.05, 0) is 25.0 Å². The molecule has 1 N–H and O–H groups in total. The van der Waals surface area contributed by atoms with E-state index in [-0.39, 0.29) is 37.1 Å². The van der Waals surface area contributed by atoms with Gasteiger partial charge in [0, 0.05) is 32.0 Å². The maximum absolute atomic E-state index is 14.2. The number of carbonyl (C=O) groups is 3. The average Bonchev–Trinajstić information content (AvgIpc) is 3.12. The highest BCUT2D eigenvalue weighted by atomic mass is 19.1. The molecule has 2 heterocycles. The number of hydrogen-bond donors (Lipinski definition) is 1. The number of carboxylic acid groups (broad SMARTS) is 1. The SMILES string of the molecule is O=C(CCOc1ccccc1)N1CCC(C(=O)N2CCC(F)(C(=O)O)C2)CC1. The average molecular weight is 392 g/mol. The number of aliphatic carboxylic acids is 1. The molecular formula is C20H25FN2O5. The number of amides is 2. The number of rotatable bonds is 6. The lowest BCUT2D eigenvalue weighted by Crippen LogP contribution is -2.45. The molecule has 1 atom stereocenters. The molecule has 1 aromatic rings. The number of ether oxygens (including phenoxy) is 1. The molecule has 1 unspecified atom stereocenters. The minimum atomic E-state index is -2.34. The Kier molecular flexibility index (Phi) is 6.16. The molecular weight excluding hydrogens is 367 g/mol. The van der Waals surface area contributed by atoms with Crippen LogP contribution >= 0.6 is 0 Å². The first-order valence-electron chi connectivity index (χ1n) is 9.56. The number of carbonyl (C=O) groups excluding carboxylic acids is 2. The molecule has 0 radical (unpaired) electrons. The Morgan fingerprint density at radius 1 is 1.11 bits per heavy atom. The Morgan fingerprint density at radius 2 is 1.79 bits per heavy atom. The second-order valence-corrected chi connectivity index (χ2v) is 7.35. The van der Waals surface area contributed by atoms with E-state index in [1.165, 1.54) is 4.90 Å². The summed E-state index contributed by atoms with van der Waals surface area (Å²) in [5, 5.41) is 8.95. The predicted octanol–water partition coefficient (Wildman–Crippen LogP) is 1.72. The highest BCUT2D eigenvalue weighted by Gasteiger charge is 2.47. The Hall–Kier alpha value is -2.64. The monoisotopic (exact) mass is 392 g/mol. The number of para-hydroxylation sites is 1. The lowest BCUT2D eigenvalue weighted by Gasteiger charge is -2.33. The first kappa shape index (κ1) is 20.1. The Balaban J connectivity index is 1.41. The van der Waals surface area contributed by atoms with Crippen molar-refractivity contribution in [2.45, 2.75) is 31.4 Å². The smallest absolute Gasteiger partial charge is 0.343 e. The molecule has 2 aliphatic heterocycles. The van der Waals surface area contributed by atoms with Crippen molar-refractivity contribution in [2.75, 3.05) is 32.8 Å². The van der Waals surface area contributed by atoms with Crippen LogP contribution in [0.1, 0.15) is 25.7 Å². The van der Waals surface area contributed by atoms with E-state index in [0.29, 0.717) is 32.5 Å². The minimum absolute atomic E-state index is 0.0170. The van der Waals surface area contributed by atoms with Crippen molar-refractivity contribution in [1.82, 2.24) is 9.80 Å². The van der Waals surface area contributed by atoms with Gasteiger partial charge in [-0.15, -0.1) is 0 Å². The standard InChI is InChI=1S/C20H25FN2O5/c21-20(19(26)27)9-12-23(14-20)18(25)15-6-10-22(11-7-15)17(24)8-13-28-16-4-2-1-3-5-16/h1-5,15H,6-14H2,(H,26,27). The number of nitrogens with zero attached hydrogens (tertiary/aromatic N) is 2. The zero-order chi connectivity index (χ0) is 20.1. The summed E-state index contributed by atoms with van der Waals surface area (Å²) in [6.45, 7) is 0.959. The zero-order valence-corrected chi connectivity index (χ0v) is 15.7. The normalized spacial score (nSPS) is 22.9. The molecule has 2 amide bonds. The number of alkyl halides is 1. The van der Waals surface area contributed by atoms with Crippen molar-refractivity contribution in [2.24, 2.45) is 5.92 Å². The van der Waals surface area contributed by atoms with Crippen molar-refractivity contribution >= 4 is 17.8 Å². The molecule has 8 heteroatoms. The molecule has 0 aliphatic carbocycles. The molecule has 152 valence electrons. The van der Waals surface area contributed by atoms with E-state index in [1.807, 2.05) is 30.3 Å². The van der Waals surface area contributed by atoms with Crippen LogP contribution in [0.2, 0.25) is 0 Å². The van der Waals surface area contributed by atoms with E-state index in [9.17, 15) is 18.8 Å². The van der Waals surface area contributed by atoms with E-state index in [0.717, 1.165) is 5.75 Å². The molecule has 7 nitrogen and oxygen atoms in total. The van der Waals surface area contributed by atoms with Crippen LogP contribution in [0.4, 0.5) is 4.39 Å². The van der Waals surface area contributed by atoms with Gasteiger partial charge in [0.05, 0.1) is 19.6 Å². The lowest BCUT2D eigenvalue weighted by atomic mass is 9.95. The summed E-state index contributed by atoms with van der Waals surface area (Å²) in [7, 11) is 0. The number of likely N-dealkylation sites (tertiary alicyclic amines) is 2. The Morgan fingerprint density at radius 3 is 2.39 bits per heavy atom. The number of halogens is 1. The van der Waals surface area contributed by atoms with Crippen LogP contribution in [0.25, 0.3) is 0 Å². The van der Waals surface area contributed by atoms with Crippen molar-refractivity contribution in [1.29, 1.82) is 0 Å². The van der Waals surface area contributed by atoms with Crippen molar-refractivity contribution in [3.8, 4) is 5.75 Å². The summed E-state index contributed by atoms with van der Waals surface area (Å²) in [5.74, 6) is -1.31. The Labute approximate surface area is 163 Å². The van der Waals surface area contributed by atoms with Gasteiger partial charge in [0.25, 0.3) is 0 Å². The largest absolute Gasteiger partial charge is 0.493 e. The maximum Gasteiger partial charge on any atom is 0.343 e. The highest BCUT2D eigenvalue weighted by molar-refractivity contribution is 5.84. The fourth-order valence-electron chi connectivity index (χ4n) is 3.70. The number of benzene rings is 1. The minimum Gasteiger partial charge on any atom is -0.493 e. The van der Waals surface area contributed by atoms with Crippen LogP contribution in [0.3, 0.4) is 0 Å². The summed E-state index contributed by atoms with van der Waals surface area (Å²) in [4.78, 5) is 38.9. The topological polar surface area (TPSA) is 87.2 Å². The molecule has 0 bridgehead atoms. The molecule has 2 aliphatic rings. The summed E-state index contributed by atoms with van der Waals surface area (Å²) < 4.78 is 19.7. The van der Waals surface area contributed by atoms with Gasteiger partial charge in [-0.25, -0.2) is 9.18 Å². The van der Waals surface area contributed by atoms with Crippen molar-refractivity contribution in [3.63, 3.8) is 0 Å². The van der Waals surface area contributed by atoms with Gasteiger partial charge >= 0.3 is 5.97 Å². The first-order valence-corrected chi connectivity index (χ1v) is 9.56. The summed E-state index contributed by atoms with van der Waals surface area (Å²) in [6, 6.07) is 9.28. The molecule has 1 aromatic carbocycles. The molecule has 2 saturated heterocycles. The first-order chi connectivity index (χ1) is 13.4. The third-order valence-corrected chi connectivity index (χ3v) is 5.44. The second kappa shape index (κ2) is 8.58. The van der Waals surface area contributed by atoms with Gasteiger partial charge in [0.2, 0.25) is 17.5 Å². The van der Waals surface area contributed by atoms with Crippen LogP contribution in [-0.4, -0.2) is 71.1 Å². The number of piperidine rings is 1. The molecule has 28 heavy (non-hydrogen) atoms. The van der Waals surface area contributed by atoms with Crippen LogP contribution in [0.15, 0.2) is 30.3 Å². The third-order valence-electron chi connectivity index (χ3n) is 5.44. The molecule has 0 spiro atoms. The zero-order valence-electron chi connectivity index (χ0n) is 15.7. The van der Waals surface area contributed by atoms with E-state index >= 15 is 0 Å². The fourth-order valence-corrected chi connectivity index (χ4v) is 3.70. The molecule has 2 fully saturated rings. The molecule has 3 rings (SSSR count). The van der Waals surface area contributed by atoms with Gasteiger partial charge in [0.1, 0.15) is 5.75 Å². The summed E-state index contributed by atoms with van der Waals surface area (Å²) in [5.41, 5.74) is -2.34. The van der Waals surface area contributed by atoms with Crippen molar-refractivity contribution < 1.29 is 28.6 Å². The van der Waals surface area contributed by atoms with E-state index in [4.69, 9.17) is 9.84 Å². The van der Waals surface area contributed by atoms with E-state index in [2.05, 4.69) is 0 Å². The van der Waals surface area contributed by atoms with E-state index < -0.39 is 18.2 Å². The van der Waals surface area contributed by atoms with Crippen LogP contribution < -0.4 is 4.74 Å². The van der Waals surface area contributed by atoms with Crippen LogP contribution in [0.5, 0.6) is 5.75 Å². The highest BCUT2D eigenvalue weighted by Crippen LogP contribution is 2.29. The fraction of sp³-hybridized carbons (Fsp3) is 0.550. The maximum atomic E-state index is 14.2. The van der Waals surface area contributed by atoms with Crippen LogP contribution in [-0.2, 0) is 14.4 Å².